The number of carbonyl (C=O) groups excluding carboxylic acids is 1. The van der Waals surface area contributed by atoms with Gasteiger partial charge in [-0.25, -0.2) is 0 Å². The minimum atomic E-state index is -0.421. The molecular weight excluding hydrogens is 308 g/mol. The minimum Gasteiger partial charge on any atom is -0.385 e. The number of benzene rings is 1. The highest BCUT2D eigenvalue weighted by atomic mass is 35.5. The number of hydrogen-bond donors (Lipinski definition) is 2. The summed E-state index contributed by atoms with van der Waals surface area (Å²) in [6.07, 6.45) is 1.28. The van der Waals surface area contributed by atoms with Gasteiger partial charge in [0, 0.05) is 57.0 Å². The third-order valence-electron chi connectivity index (χ3n) is 3.44. The van der Waals surface area contributed by atoms with Crippen LogP contribution in [0.1, 0.15) is 12.8 Å². The van der Waals surface area contributed by atoms with Gasteiger partial charge < -0.3 is 15.5 Å². The van der Waals surface area contributed by atoms with E-state index in [-0.39, 0.29) is 24.0 Å². The number of carbonyl (C=O) groups is 1. The highest BCUT2D eigenvalue weighted by Gasteiger charge is 2.15. The molecule has 1 aromatic rings. The maximum absolute atomic E-state index is 11.9. The van der Waals surface area contributed by atoms with Gasteiger partial charge in [0.1, 0.15) is 0 Å². The predicted molar refractivity (Wildman–Crippen MR) is 87.5 cm³/mol. The molecule has 122 valence electrons. The molecule has 0 aliphatic carbocycles. The molecule has 22 heavy (non-hydrogen) atoms. The molecule has 1 aliphatic rings. The third-order valence-corrected chi connectivity index (χ3v) is 3.44. The zero-order chi connectivity index (χ0) is 15.1. The smallest absolute Gasteiger partial charge is 0.269 e. The van der Waals surface area contributed by atoms with E-state index < -0.39 is 4.92 Å². The summed E-state index contributed by atoms with van der Waals surface area (Å²) in [5.41, 5.74) is 0.907. The lowest BCUT2D eigenvalue weighted by Gasteiger charge is -2.27. The molecule has 2 rings (SSSR count). The van der Waals surface area contributed by atoms with Crippen molar-refractivity contribution in [3.05, 3.63) is 34.4 Å². The molecule has 1 amide bonds. The number of non-ortho nitro benzene ring substituents is 1. The van der Waals surface area contributed by atoms with Gasteiger partial charge in [-0.05, 0) is 18.6 Å². The van der Waals surface area contributed by atoms with E-state index >= 15 is 0 Å². The van der Waals surface area contributed by atoms with Crippen molar-refractivity contribution in [2.75, 3.05) is 38.0 Å². The lowest BCUT2D eigenvalue weighted by molar-refractivity contribution is -0.384. The molecule has 1 saturated heterocycles. The number of hydrogen-bond acceptors (Lipinski definition) is 5. The summed E-state index contributed by atoms with van der Waals surface area (Å²) in [5.74, 6) is 0.196. The molecule has 0 radical (unpaired) electrons. The number of piperazine rings is 1. The molecule has 0 spiro atoms. The highest BCUT2D eigenvalue weighted by Crippen LogP contribution is 2.15. The van der Waals surface area contributed by atoms with E-state index in [4.69, 9.17) is 0 Å². The second-order valence-corrected chi connectivity index (χ2v) is 4.97. The topological polar surface area (TPSA) is 87.5 Å². The van der Waals surface area contributed by atoms with E-state index in [0.29, 0.717) is 13.0 Å². The molecule has 8 heteroatoms. The van der Waals surface area contributed by atoms with Gasteiger partial charge >= 0.3 is 0 Å². The summed E-state index contributed by atoms with van der Waals surface area (Å²) in [5, 5.41) is 16.9. The Balaban J connectivity index is 0.00000242. The molecule has 0 atom stereocenters. The maximum Gasteiger partial charge on any atom is 0.269 e. The Bertz CT molecular complexity index is 489. The SMILES string of the molecule is Cl.O=C(CCCNc1ccc([N+](=O)[O-])cc1)N1CCNCC1. The molecule has 1 heterocycles. The Morgan fingerprint density at radius 1 is 1.27 bits per heavy atom. The number of rotatable bonds is 6. The average molecular weight is 329 g/mol. The summed E-state index contributed by atoms with van der Waals surface area (Å²) in [6, 6.07) is 6.29. The molecule has 2 N–H and O–H groups in total. The van der Waals surface area contributed by atoms with E-state index in [1.807, 2.05) is 4.90 Å². The second-order valence-electron chi connectivity index (χ2n) is 4.97. The van der Waals surface area contributed by atoms with Gasteiger partial charge in [-0.3, -0.25) is 14.9 Å². The number of nitro benzene ring substituents is 1. The van der Waals surface area contributed by atoms with Crippen LogP contribution in [0.4, 0.5) is 11.4 Å². The monoisotopic (exact) mass is 328 g/mol. The number of nitrogens with zero attached hydrogens (tertiary/aromatic N) is 2. The van der Waals surface area contributed by atoms with Crippen LogP contribution in [0.15, 0.2) is 24.3 Å². The first kappa shape index (κ1) is 18.2. The molecule has 1 aliphatic heterocycles. The summed E-state index contributed by atoms with van der Waals surface area (Å²) < 4.78 is 0. The van der Waals surface area contributed by atoms with Crippen molar-refractivity contribution in [1.82, 2.24) is 10.2 Å². The van der Waals surface area contributed by atoms with Gasteiger partial charge in [0.15, 0.2) is 0 Å². The van der Waals surface area contributed by atoms with Crippen molar-refractivity contribution in [1.29, 1.82) is 0 Å². The normalized spacial score (nSPS) is 14.1. The van der Waals surface area contributed by atoms with Crippen LogP contribution in [0.5, 0.6) is 0 Å². The van der Waals surface area contributed by atoms with Crippen LogP contribution >= 0.6 is 12.4 Å². The lowest BCUT2D eigenvalue weighted by Crippen LogP contribution is -2.46. The molecule has 1 aromatic carbocycles. The number of nitro groups is 1. The molecular formula is C14H21ClN4O3. The van der Waals surface area contributed by atoms with Crippen molar-refractivity contribution >= 4 is 29.7 Å². The van der Waals surface area contributed by atoms with Crippen LogP contribution in [0.25, 0.3) is 0 Å². The van der Waals surface area contributed by atoms with E-state index in [2.05, 4.69) is 10.6 Å². The molecule has 1 fully saturated rings. The van der Waals surface area contributed by atoms with Crippen molar-refractivity contribution in [3.63, 3.8) is 0 Å². The first-order valence-corrected chi connectivity index (χ1v) is 7.13. The molecule has 0 unspecified atom stereocenters. The number of amides is 1. The largest absolute Gasteiger partial charge is 0.385 e. The number of nitrogens with one attached hydrogen (secondary N) is 2. The Morgan fingerprint density at radius 2 is 1.91 bits per heavy atom. The summed E-state index contributed by atoms with van der Waals surface area (Å²) in [7, 11) is 0. The van der Waals surface area contributed by atoms with Crippen molar-refractivity contribution in [2.45, 2.75) is 12.8 Å². The number of halogens is 1. The summed E-state index contributed by atoms with van der Waals surface area (Å²) >= 11 is 0. The van der Waals surface area contributed by atoms with Gasteiger partial charge in [0.2, 0.25) is 5.91 Å². The van der Waals surface area contributed by atoms with E-state index in [0.717, 1.165) is 38.3 Å². The summed E-state index contributed by atoms with van der Waals surface area (Å²) in [4.78, 5) is 23.9. The predicted octanol–water partition coefficient (Wildman–Crippen LogP) is 1.64. The van der Waals surface area contributed by atoms with Crippen LogP contribution in [0.2, 0.25) is 0 Å². The average Bonchev–Trinajstić information content (AvgIpc) is 2.52. The minimum absolute atomic E-state index is 0. The quantitative estimate of drug-likeness (QED) is 0.471. The standard InChI is InChI=1S/C14H20N4O3.ClH/c19-14(17-10-8-15-9-11-17)2-1-7-16-12-3-5-13(6-4-12)18(20)21;/h3-6,15-16H,1-2,7-11H2;1H. The van der Waals surface area contributed by atoms with Crippen LogP contribution in [-0.4, -0.2) is 48.5 Å². The zero-order valence-electron chi connectivity index (χ0n) is 12.3. The fourth-order valence-electron chi connectivity index (χ4n) is 2.25. The van der Waals surface area contributed by atoms with E-state index in [1.54, 1.807) is 12.1 Å². The summed E-state index contributed by atoms with van der Waals surface area (Å²) in [6.45, 7) is 3.98. The van der Waals surface area contributed by atoms with E-state index in [1.165, 1.54) is 12.1 Å². The van der Waals surface area contributed by atoms with Gasteiger partial charge in [0.05, 0.1) is 4.92 Å². The van der Waals surface area contributed by atoms with Crippen LogP contribution in [0.3, 0.4) is 0 Å². The van der Waals surface area contributed by atoms with Crippen LogP contribution in [-0.2, 0) is 4.79 Å². The van der Waals surface area contributed by atoms with Gasteiger partial charge in [-0.1, -0.05) is 0 Å². The van der Waals surface area contributed by atoms with Crippen molar-refractivity contribution in [2.24, 2.45) is 0 Å². The zero-order valence-corrected chi connectivity index (χ0v) is 13.1. The second kappa shape index (κ2) is 9.22. The van der Waals surface area contributed by atoms with Crippen molar-refractivity contribution < 1.29 is 9.72 Å². The van der Waals surface area contributed by atoms with E-state index in [9.17, 15) is 14.9 Å². The lowest BCUT2D eigenvalue weighted by atomic mass is 10.2. The highest BCUT2D eigenvalue weighted by molar-refractivity contribution is 5.85. The third kappa shape index (κ3) is 5.50. The Kier molecular flexibility index (Phi) is 7.62. The number of anilines is 1. The fourth-order valence-corrected chi connectivity index (χ4v) is 2.25. The molecule has 0 bridgehead atoms. The van der Waals surface area contributed by atoms with Gasteiger partial charge in [-0.15, -0.1) is 12.4 Å². The Hall–Kier alpha value is -1.86. The van der Waals surface area contributed by atoms with Crippen LogP contribution < -0.4 is 10.6 Å². The van der Waals surface area contributed by atoms with Gasteiger partial charge in [0.25, 0.3) is 5.69 Å². The fraction of sp³-hybridized carbons (Fsp3) is 0.500. The van der Waals surface area contributed by atoms with Gasteiger partial charge in [-0.2, -0.15) is 0 Å². The molecule has 0 saturated carbocycles. The Morgan fingerprint density at radius 3 is 2.50 bits per heavy atom. The maximum atomic E-state index is 11.9. The first-order chi connectivity index (χ1) is 10.2. The molecule has 7 nitrogen and oxygen atoms in total. The van der Waals surface area contributed by atoms with Crippen LogP contribution in [0, 0.1) is 10.1 Å². The molecule has 0 aromatic heterocycles. The Labute approximate surface area is 135 Å². The first-order valence-electron chi connectivity index (χ1n) is 7.13. The van der Waals surface area contributed by atoms with Crippen molar-refractivity contribution in [3.8, 4) is 0 Å².